The van der Waals surface area contributed by atoms with E-state index in [1.165, 1.54) is 0 Å². The van der Waals surface area contributed by atoms with E-state index in [2.05, 4.69) is 5.32 Å². The second-order valence-corrected chi connectivity index (χ2v) is 9.45. The zero-order chi connectivity index (χ0) is 22.8. The van der Waals surface area contributed by atoms with Crippen molar-refractivity contribution < 1.29 is 19.1 Å². The molecule has 0 bridgehead atoms. The van der Waals surface area contributed by atoms with E-state index in [0.717, 1.165) is 62.0 Å². The molecule has 6 nitrogen and oxygen atoms in total. The van der Waals surface area contributed by atoms with Gasteiger partial charge in [-0.2, -0.15) is 0 Å². The van der Waals surface area contributed by atoms with Gasteiger partial charge in [0.1, 0.15) is 5.75 Å². The summed E-state index contributed by atoms with van der Waals surface area (Å²) in [5, 5.41) is 3.18. The van der Waals surface area contributed by atoms with Gasteiger partial charge >= 0.3 is 0 Å². The fourth-order valence-corrected chi connectivity index (χ4v) is 5.96. The zero-order valence-electron chi connectivity index (χ0n) is 19.2. The Morgan fingerprint density at radius 2 is 1.88 bits per heavy atom. The number of rotatable bonds is 6. The highest BCUT2D eigenvalue weighted by Crippen LogP contribution is 2.50. The Morgan fingerprint density at radius 1 is 1.12 bits per heavy atom. The fourth-order valence-electron chi connectivity index (χ4n) is 5.96. The molecule has 2 atom stereocenters. The van der Waals surface area contributed by atoms with Crippen LogP contribution in [0.15, 0.2) is 48.5 Å². The quantitative estimate of drug-likeness (QED) is 0.724. The lowest BCUT2D eigenvalue weighted by atomic mass is 9.71. The molecule has 1 saturated heterocycles. The summed E-state index contributed by atoms with van der Waals surface area (Å²) in [5.74, 6) is 0.445. The Bertz CT molecular complexity index is 1010. The lowest BCUT2D eigenvalue weighted by Gasteiger charge is -2.50. The molecule has 1 saturated carbocycles. The van der Waals surface area contributed by atoms with E-state index in [1.54, 1.807) is 7.11 Å². The number of fused-ring (bicyclic) bond motifs is 1. The summed E-state index contributed by atoms with van der Waals surface area (Å²) in [7, 11) is 1.64. The summed E-state index contributed by atoms with van der Waals surface area (Å²) in [6.45, 7) is 1.76. The van der Waals surface area contributed by atoms with Crippen molar-refractivity contribution in [3.8, 4) is 5.75 Å². The Kier molecular flexibility index (Phi) is 6.11. The van der Waals surface area contributed by atoms with Crippen LogP contribution < -0.4 is 10.1 Å². The van der Waals surface area contributed by atoms with E-state index in [4.69, 9.17) is 9.47 Å². The number of hydrogen-bond acceptors (Lipinski definition) is 4. The number of hydrogen-bond donors (Lipinski definition) is 1. The number of amides is 2. The fraction of sp³-hybridized carbons (Fsp3) is 0.481. The van der Waals surface area contributed by atoms with Crippen LogP contribution in [0.2, 0.25) is 0 Å². The molecular formula is C27H32N2O4. The van der Waals surface area contributed by atoms with Gasteiger partial charge in [-0.15, -0.1) is 0 Å². The highest BCUT2D eigenvalue weighted by Gasteiger charge is 2.55. The Balaban J connectivity index is 1.46. The summed E-state index contributed by atoms with van der Waals surface area (Å²) < 4.78 is 11.1. The first-order chi connectivity index (χ1) is 16.1. The largest absolute Gasteiger partial charge is 0.497 e. The van der Waals surface area contributed by atoms with Crippen LogP contribution in [0.3, 0.4) is 0 Å². The first-order valence-electron chi connectivity index (χ1n) is 12.1. The van der Waals surface area contributed by atoms with Gasteiger partial charge in [-0.3, -0.25) is 9.59 Å². The second kappa shape index (κ2) is 9.18. The SMILES string of the molecule is COc1ccc(CNC(=O)[C@@H]2c3ccccc3C(=O)N(C[C@@H]3CCCO3)C23CCCC3)cc1. The van der Waals surface area contributed by atoms with Crippen molar-refractivity contribution in [3.63, 3.8) is 0 Å². The van der Waals surface area contributed by atoms with E-state index >= 15 is 0 Å². The predicted octanol–water partition coefficient (Wildman–Crippen LogP) is 4.04. The third-order valence-corrected chi connectivity index (χ3v) is 7.59. The van der Waals surface area contributed by atoms with Crippen molar-refractivity contribution in [1.82, 2.24) is 10.2 Å². The number of methoxy groups -OCH3 is 1. The van der Waals surface area contributed by atoms with E-state index in [1.807, 2.05) is 53.4 Å². The van der Waals surface area contributed by atoms with Gasteiger partial charge in [0.25, 0.3) is 5.91 Å². The molecule has 1 N–H and O–H groups in total. The van der Waals surface area contributed by atoms with Crippen molar-refractivity contribution in [2.24, 2.45) is 0 Å². The van der Waals surface area contributed by atoms with Crippen molar-refractivity contribution in [1.29, 1.82) is 0 Å². The van der Waals surface area contributed by atoms with Gasteiger partial charge in [0.15, 0.2) is 0 Å². The third kappa shape index (κ3) is 4.01. The first kappa shape index (κ1) is 22.0. The molecule has 0 aromatic heterocycles. The monoisotopic (exact) mass is 448 g/mol. The van der Waals surface area contributed by atoms with Crippen LogP contribution in [-0.2, 0) is 16.1 Å². The smallest absolute Gasteiger partial charge is 0.254 e. The molecule has 0 radical (unpaired) electrons. The molecule has 174 valence electrons. The van der Waals surface area contributed by atoms with Crippen LogP contribution >= 0.6 is 0 Å². The molecule has 3 aliphatic rings. The molecule has 2 aliphatic heterocycles. The van der Waals surface area contributed by atoms with Crippen molar-refractivity contribution in [3.05, 3.63) is 65.2 Å². The highest BCUT2D eigenvalue weighted by molar-refractivity contribution is 6.02. The Labute approximate surface area is 195 Å². The molecule has 2 amide bonds. The minimum absolute atomic E-state index is 0.00925. The molecule has 5 rings (SSSR count). The average Bonchev–Trinajstić information content (AvgIpc) is 3.54. The number of carbonyl (C=O) groups excluding carboxylic acids is 2. The van der Waals surface area contributed by atoms with Gasteiger partial charge in [0.2, 0.25) is 5.91 Å². The maximum absolute atomic E-state index is 13.8. The molecule has 2 aromatic rings. The number of carbonyl (C=O) groups is 2. The number of nitrogens with one attached hydrogen (secondary N) is 1. The van der Waals surface area contributed by atoms with Crippen LogP contribution in [0.5, 0.6) is 5.75 Å². The minimum Gasteiger partial charge on any atom is -0.497 e. The maximum atomic E-state index is 13.8. The van der Waals surface area contributed by atoms with Gasteiger partial charge in [0.05, 0.1) is 24.7 Å². The summed E-state index contributed by atoms with van der Waals surface area (Å²) in [4.78, 5) is 29.5. The van der Waals surface area contributed by atoms with Gasteiger partial charge in [-0.05, 0) is 55.0 Å². The van der Waals surface area contributed by atoms with Gasteiger partial charge in [-0.1, -0.05) is 43.2 Å². The average molecular weight is 449 g/mol. The number of nitrogens with zero attached hydrogens (tertiary/aromatic N) is 1. The van der Waals surface area contributed by atoms with Crippen LogP contribution in [0.1, 0.15) is 65.9 Å². The first-order valence-corrected chi connectivity index (χ1v) is 12.1. The van der Waals surface area contributed by atoms with Crippen molar-refractivity contribution in [2.45, 2.75) is 62.6 Å². The van der Waals surface area contributed by atoms with Gasteiger partial charge in [0, 0.05) is 25.3 Å². The lowest BCUT2D eigenvalue weighted by Crippen LogP contribution is -2.62. The van der Waals surface area contributed by atoms with Crippen molar-refractivity contribution in [2.75, 3.05) is 20.3 Å². The summed E-state index contributed by atoms with van der Waals surface area (Å²) in [6, 6.07) is 15.4. The third-order valence-electron chi connectivity index (χ3n) is 7.59. The summed E-state index contributed by atoms with van der Waals surface area (Å²) >= 11 is 0. The number of benzene rings is 2. The van der Waals surface area contributed by atoms with Crippen LogP contribution in [0.25, 0.3) is 0 Å². The number of ether oxygens (including phenoxy) is 2. The molecular weight excluding hydrogens is 416 g/mol. The molecule has 33 heavy (non-hydrogen) atoms. The Hall–Kier alpha value is -2.86. The molecule has 1 spiro atoms. The van der Waals surface area contributed by atoms with Crippen LogP contribution in [0, 0.1) is 0 Å². The Morgan fingerprint density at radius 3 is 2.58 bits per heavy atom. The normalized spacial score (nSPS) is 23.5. The molecule has 2 heterocycles. The molecule has 6 heteroatoms. The van der Waals surface area contributed by atoms with E-state index in [9.17, 15) is 9.59 Å². The maximum Gasteiger partial charge on any atom is 0.254 e. The van der Waals surface area contributed by atoms with E-state index in [-0.39, 0.29) is 23.8 Å². The lowest BCUT2D eigenvalue weighted by molar-refractivity contribution is -0.127. The minimum atomic E-state index is -0.485. The predicted molar refractivity (Wildman–Crippen MR) is 125 cm³/mol. The second-order valence-electron chi connectivity index (χ2n) is 9.45. The summed E-state index contributed by atoms with van der Waals surface area (Å²) in [5.41, 5.74) is 2.04. The molecule has 0 unspecified atom stereocenters. The van der Waals surface area contributed by atoms with Crippen LogP contribution in [0.4, 0.5) is 0 Å². The topological polar surface area (TPSA) is 67.9 Å². The van der Waals surface area contributed by atoms with Gasteiger partial charge < -0.3 is 19.7 Å². The van der Waals surface area contributed by atoms with E-state index in [0.29, 0.717) is 18.7 Å². The van der Waals surface area contributed by atoms with Crippen molar-refractivity contribution >= 4 is 11.8 Å². The zero-order valence-corrected chi connectivity index (χ0v) is 19.2. The van der Waals surface area contributed by atoms with Crippen LogP contribution in [-0.4, -0.2) is 48.6 Å². The molecule has 1 aliphatic carbocycles. The highest BCUT2D eigenvalue weighted by atomic mass is 16.5. The van der Waals surface area contributed by atoms with Gasteiger partial charge in [-0.25, -0.2) is 0 Å². The summed E-state index contributed by atoms with van der Waals surface area (Å²) in [6.07, 6.45) is 5.80. The van der Waals surface area contributed by atoms with E-state index < -0.39 is 5.54 Å². The molecule has 2 fully saturated rings. The molecule has 2 aromatic carbocycles. The standard InChI is InChI=1S/C27H32N2O4/c1-32-20-12-10-19(11-13-20)17-28-25(30)24-22-8-2-3-9-23(22)26(31)29(18-21-7-6-16-33-21)27(24)14-4-5-15-27/h2-3,8-13,21,24H,4-7,14-18H2,1H3,(H,28,30)/t21-,24-/m0/s1.